The van der Waals surface area contributed by atoms with Gasteiger partial charge in [-0.3, -0.25) is 4.90 Å². The van der Waals surface area contributed by atoms with E-state index in [0.717, 1.165) is 68.0 Å². The lowest BCUT2D eigenvalue weighted by Gasteiger charge is -2.44. The number of nitrogens with zero attached hydrogens (tertiary/aromatic N) is 2. The van der Waals surface area contributed by atoms with E-state index < -0.39 is 18.3 Å². The summed E-state index contributed by atoms with van der Waals surface area (Å²) in [6.07, 6.45) is 19.2. The molecule has 0 radical (unpaired) electrons. The molecule has 9 nitrogen and oxygen atoms in total. The van der Waals surface area contributed by atoms with Gasteiger partial charge in [0.2, 0.25) is 0 Å². The topological polar surface area (TPSA) is 140 Å². The number of hydrogen-bond donors (Lipinski definition) is 7. The summed E-state index contributed by atoms with van der Waals surface area (Å²) in [5, 5.41) is 62.1. The Hall–Kier alpha value is -0.360. The number of nitrogens with one attached hydrogen (secondary N) is 1. The number of rotatable bonds is 24. The van der Waals surface area contributed by atoms with Crippen LogP contribution in [-0.2, 0) is 0 Å². The smallest absolute Gasteiger partial charge is 0.0897 e. The molecule has 9 heteroatoms. The number of aliphatic hydroxyl groups is 6. The van der Waals surface area contributed by atoms with Gasteiger partial charge in [-0.15, -0.1) is 0 Å². The molecule has 6 aliphatic carbocycles. The summed E-state index contributed by atoms with van der Waals surface area (Å²) in [6, 6.07) is 0.590. The van der Waals surface area contributed by atoms with Crippen molar-refractivity contribution < 1.29 is 30.6 Å². The lowest BCUT2D eigenvalue weighted by Crippen LogP contribution is -2.42. The fraction of sp³-hybridized carbons (Fsp3) is 1.00. The fourth-order valence-electron chi connectivity index (χ4n) is 9.66. The summed E-state index contributed by atoms with van der Waals surface area (Å²) in [5.74, 6) is 5.84. The molecule has 6 saturated carbocycles. The van der Waals surface area contributed by atoms with Crippen LogP contribution in [0.5, 0.6) is 0 Å². The SMILES string of the molecule is OCC(O)CN(CCCNC(CCC1CC2CCC1CC2)CCC1CC2CCC1CC2)CCCN(CC(O)CO)CC(O)CO. The van der Waals surface area contributed by atoms with Crippen LogP contribution in [0, 0.1) is 35.5 Å². The van der Waals surface area contributed by atoms with Gasteiger partial charge in [-0.05, 0) is 139 Å². The van der Waals surface area contributed by atoms with Crippen LogP contribution in [0.25, 0.3) is 0 Å². The zero-order valence-corrected chi connectivity index (χ0v) is 28.2. The Kier molecular flexibility index (Phi) is 16.8. The predicted octanol–water partition coefficient (Wildman–Crippen LogP) is 2.60. The van der Waals surface area contributed by atoms with Crippen LogP contribution < -0.4 is 5.32 Å². The van der Waals surface area contributed by atoms with Crippen molar-refractivity contribution in [2.75, 3.05) is 65.6 Å². The van der Waals surface area contributed by atoms with Gasteiger partial charge in [-0.25, -0.2) is 0 Å². The first-order chi connectivity index (χ1) is 21.9. The van der Waals surface area contributed by atoms with Gasteiger partial charge >= 0.3 is 0 Å². The standard InChI is InChI=1S/C36H69N3O6/c40-24-34(43)21-38(17-2-18-39(22-35(44)25-41)23-36(45)26-42)16-1-15-37-33(13-11-31-19-27-3-7-29(31)8-4-27)14-12-32-20-28-5-9-30(32)10-6-28/h27-37,40-45H,1-26H2. The van der Waals surface area contributed by atoms with Gasteiger partial charge in [0.1, 0.15) is 0 Å². The molecule has 0 aromatic heterocycles. The first-order valence-electron chi connectivity index (χ1n) is 18.9. The highest BCUT2D eigenvalue weighted by Gasteiger charge is 2.37. The third kappa shape index (κ3) is 12.9. The van der Waals surface area contributed by atoms with Gasteiger partial charge in [-0.2, -0.15) is 0 Å². The average molecular weight is 640 g/mol. The zero-order valence-electron chi connectivity index (χ0n) is 28.2. The van der Waals surface area contributed by atoms with Crippen LogP contribution in [-0.4, -0.2) is 130 Å². The molecular formula is C36H69N3O6. The van der Waals surface area contributed by atoms with Gasteiger partial charge in [0.25, 0.3) is 0 Å². The highest BCUT2D eigenvalue weighted by Crippen LogP contribution is 2.48. The molecule has 6 rings (SSSR count). The van der Waals surface area contributed by atoms with Crippen LogP contribution >= 0.6 is 0 Å². The van der Waals surface area contributed by atoms with E-state index in [1.807, 2.05) is 4.90 Å². The molecule has 6 fully saturated rings. The maximum atomic E-state index is 10.2. The molecule has 264 valence electrons. The molecule has 0 aliphatic heterocycles. The molecule has 7 N–H and O–H groups in total. The van der Waals surface area contributed by atoms with Crippen LogP contribution in [0.2, 0.25) is 0 Å². The molecule has 5 unspecified atom stereocenters. The summed E-state index contributed by atoms with van der Waals surface area (Å²) < 4.78 is 0. The van der Waals surface area contributed by atoms with Crippen LogP contribution in [0.1, 0.15) is 103 Å². The first-order valence-corrected chi connectivity index (χ1v) is 18.9. The minimum atomic E-state index is -0.899. The lowest BCUT2D eigenvalue weighted by atomic mass is 9.63. The molecule has 0 spiro atoms. The molecule has 0 aromatic carbocycles. The minimum absolute atomic E-state index is 0.225. The molecule has 0 heterocycles. The van der Waals surface area contributed by atoms with Crippen molar-refractivity contribution in [1.82, 2.24) is 15.1 Å². The van der Waals surface area contributed by atoms with E-state index in [9.17, 15) is 30.6 Å². The van der Waals surface area contributed by atoms with E-state index in [-0.39, 0.29) is 32.9 Å². The van der Waals surface area contributed by atoms with Crippen LogP contribution in [0.4, 0.5) is 0 Å². The third-order valence-electron chi connectivity index (χ3n) is 12.2. The third-order valence-corrected chi connectivity index (χ3v) is 12.2. The zero-order chi connectivity index (χ0) is 32.0. The summed E-state index contributed by atoms with van der Waals surface area (Å²) in [4.78, 5) is 4.07. The Labute approximate surface area is 273 Å². The lowest BCUT2D eigenvalue weighted by molar-refractivity contribution is 0.0206. The summed E-state index contributed by atoms with van der Waals surface area (Å²) >= 11 is 0. The molecule has 4 bridgehead atoms. The van der Waals surface area contributed by atoms with Crippen molar-refractivity contribution in [2.24, 2.45) is 35.5 Å². The molecule has 5 atom stereocenters. The van der Waals surface area contributed by atoms with Crippen LogP contribution in [0.15, 0.2) is 0 Å². The number of hydrogen-bond acceptors (Lipinski definition) is 9. The Balaban J connectivity index is 1.23. The second-order valence-electron chi connectivity index (χ2n) is 15.6. The van der Waals surface area contributed by atoms with E-state index in [4.69, 9.17) is 0 Å². The predicted molar refractivity (Wildman–Crippen MR) is 179 cm³/mol. The minimum Gasteiger partial charge on any atom is -0.394 e. The number of fused-ring (bicyclic) bond motifs is 6. The summed E-state index contributed by atoms with van der Waals surface area (Å²) in [6.45, 7) is 2.99. The quantitative estimate of drug-likeness (QED) is 0.0795. The van der Waals surface area contributed by atoms with E-state index in [1.165, 1.54) is 89.9 Å². The van der Waals surface area contributed by atoms with Gasteiger partial charge in [-0.1, -0.05) is 25.7 Å². The molecule has 6 aliphatic rings. The van der Waals surface area contributed by atoms with E-state index in [0.29, 0.717) is 19.1 Å². The van der Waals surface area contributed by atoms with E-state index in [1.54, 1.807) is 0 Å². The number of aliphatic hydroxyl groups excluding tert-OH is 6. The van der Waals surface area contributed by atoms with Crippen molar-refractivity contribution in [1.29, 1.82) is 0 Å². The van der Waals surface area contributed by atoms with E-state index >= 15 is 0 Å². The van der Waals surface area contributed by atoms with Gasteiger partial charge < -0.3 is 40.9 Å². The normalized spacial score (nSPS) is 30.7. The largest absolute Gasteiger partial charge is 0.394 e. The van der Waals surface area contributed by atoms with Crippen molar-refractivity contribution in [3.63, 3.8) is 0 Å². The average Bonchev–Trinajstić information content (AvgIpc) is 3.08. The van der Waals surface area contributed by atoms with Crippen molar-refractivity contribution in [3.8, 4) is 0 Å². The Morgan fingerprint density at radius 1 is 0.556 bits per heavy atom. The van der Waals surface area contributed by atoms with Crippen molar-refractivity contribution in [2.45, 2.75) is 127 Å². The Bertz CT molecular complexity index is 732. The fourth-order valence-corrected chi connectivity index (χ4v) is 9.66. The van der Waals surface area contributed by atoms with Gasteiger partial charge in [0.05, 0.1) is 38.1 Å². The maximum absolute atomic E-state index is 10.2. The van der Waals surface area contributed by atoms with Gasteiger partial charge in [0.15, 0.2) is 0 Å². The molecule has 0 saturated heterocycles. The Morgan fingerprint density at radius 2 is 0.978 bits per heavy atom. The molecule has 0 amide bonds. The Morgan fingerprint density at radius 3 is 1.40 bits per heavy atom. The maximum Gasteiger partial charge on any atom is 0.0897 e. The van der Waals surface area contributed by atoms with Crippen molar-refractivity contribution in [3.05, 3.63) is 0 Å². The molecule has 0 aromatic rings. The second kappa shape index (κ2) is 20.2. The summed E-state index contributed by atoms with van der Waals surface area (Å²) in [5.41, 5.74) is 0. The molecular weight excluding hydrogens is 570 g/mol. The highest BCUT2D eigenvalue weighted by molar-refractivity contribution is 4.89. The monoisotopic (exact) mass is 640 g/mol. The second-order valence-corrected chi connectivity index (χ2v) is 15.6. The highest BCUT2D eigenvalue weighted by atomic mass is 16.3. The summed E-state index contributed by atoms with van der Waals surface area (Å²) in [7, 11) is 0. The first kappa shape index (κ1) is 37.5. The van der Waals surface area contributed by atoms with Crippen LogP contribution in [0.3, 0.4) is 0 Å². The van der Waals surface area contributed by atoms with E-state index in [2.05, 4.69) is 10.2 Å². The molecule has 45 heavy (non-hydrogen) atoms. The van der Waals surface area contributed by atoms with Crippen molar-refractivity contribution >= 4 is 0 Å². The van der Waals surface area contributed by atoms with Gasteiger partial charge in [0, 0.05) is 25.7 Å².